The molecular weight excluding hydrogens is 430 g/mol. The van der Waals surface area contributed by atoms with Crippen molar-refractivity contribution in [3.05, 3.63) is 83.7 Å². The van der Waals surface area contributed by atoms with E-state index in [1.54, 1.807) is 25.1 Å². The molecule has 162 valence electrons. The van der Waals surface area contributed by atoms with Crippen LogP contribution in [-0.4, -0.2) is 33.5 Å². The quantitative estimate of drug-likeness (QED) is 0.260. The number of benzene rings is 2. The molecule has 2 aromatic rings. The Bertz CT molecular complexity index is 1030. The zero-order chi connectivity index (χ0) is 22.6. The Labute approximate surface area is 181 Å². The normalized spacial score (nSPS) is 18.7. The highest BCUT2D eigenvalue weighted by Crippen LogP contribution is 2.33. The minimum absolute atomic E-state index is 0.126. The Balaban J connectivity index is 1.82. The van der Waals surface area contributed by atoms with Gasteiger partial charge in [0.25, 0.3) is 0 Å². The Morgan fingerprint density at radius 2 is 1.94 bits per heavy atom. The smallest absolute Gasteiger partial charge is 0.285 e. The van der Waals surface area contributed by atoms with E-state index in [9.17, 15) is 22.4 Å². The van der Waals surface area contributed by atoms with Gasteiger partial charge in [-0.2, -0.15) is 18.3 Å². The van der Waals surface area contributed by atoms with E-state index in [1.165, 1.54) is 29.2 Å². The van der Waals surface area contributed by atoms with Crippen LogP contribution in [0.15, 0.2) is 71.4 Å². The summed E-state index contributed by atoms with van der Waals surface area (Å²) in [6.07, 6.45) is -2.78. The average molecular weight is 449 g/mol. The van der Waals surface area contributed by atoms with Crippen molar-refractivity contribution in [2.45, 2.75) is 24.8 Å². The predicted octanol–water partition coefficient (Wildman–Crippen LogP) is 5.30. The van der Waals surface area contributed by atoms with Gasteiger partial charge in [-0.25, -0.2) is 4.39 Å². The number of halogens is 4. The van der Waals surface area contributed by atoms with Crippen molar-refractivity contribution < 1.29 is 22.4 Å². The summed E-state index contributed by atoms with van der Waals surface area (Å²) >= 11 is 1.14. The molecule has 4 nitrogen and oxygen atoms in total. The number of hydrogen-bond donors (Lipinski definition) is 0. The van der Waals surface area contributed by atoms with Gasteiger partial charge in [0.2, 0.25) is 5.91 Å². The van der Waals surface area contributed by atoms with Crippen LogP contribution in [0.3, 0.4) is 0 Å². The van der Waals surface area contributed by atoms with Crippen LogP contribution in [0.4, 0.5) is 17.6 Å². The molecule has 0 unspecified atom stereocenters. The van der Waals surface area contributed by atoms with Crippen LogP contribution in [0, 0.1) is 5.82 Å². The van der Waals surface area contributed by atoms with E-state index < -0.39 is 17.0 Å². The van der Waals surface area contributed by atoms with Crippen molar-refractivity contribution in [1.82, 2.24) is 4.90 Å². The Kier molecular flexibility index (Phi) is 6.94. The number of carbonyl (C=O) groups is 1. The summed E-state index contributed by atoms with van der Waals surface area (Å²) in [6.45, 7) is 5.55. The largest absolute Gasteiger partial charge is 0.416 e. The summed E-state index contributed by atoms with van der Waals surface area (Å²) in [7, 11) is 0. The summed E-state index contributed by atoms with van der Waals surface area (Å²) in [5.74, 6) is -0.634. The molecule has 0 saturated carbocycles. The van der Waals surface area contributed by atoms with Gasteiger partial charge in [0.05, 0.1) is 16.5 Å². The van der Waals surface area contributed by atoms with Gasteiger partial charge >= 0.3 is 6.18 Å². The maximum atomic E-state index is 13.1. The second kappa shape index (κ2) is 9.47. The molecule has 1 amide bonds. The standard InChI is InChI=1S/C22H19F4N3OS/c1-3-11-29-20(30)19(13-15-5-4-6-17(12-15)22(24,25)26)31-21(29)28-27-14(2)16-7-9-18(23)10-8-16/h3-10,12,19H,1,11,13H2,2H3/b27-14-,28-21-/t19-/m0/s1. The Hall–Kier alpha value is -2.94. The van der Waals surface area contributed by atoms with Crippen LogP contribution in [0.1, 0.15) is 23.6 Å². The number of amidine groups is 1. The highest BCUT2D eigenvalue weighted by molar-refractivity contribution is 8.15. The molecule has 1 aliphatic heterocycles. The van der Waals surface area contributed by atoms with Gasteiger partial charge in [-0.3, -0.25) is 9.69 Å². The lowest BCUT2D eigenvalue weighted by Crippen LogP contribution is -2.32. The fourth-order valence-corrected chi connectivity index (χ4v) is 4.11. The fraction of sp³-hybridized carbons (Fsp3) is 0.227. The fourth-order valence-electron chi connectivity index (χ4n) is 2.97. The summed E-state index contributed by atoms with van der Waals surface area (Å²) < 4.78 is 52.0. The maximum absolute atomic E-state index is 13.1. The Morgan fingerprint density at radius 3 is 2.58 bits per heavy atom. The number of amides is 1. The van der Waals surface area contributed by atoms with E-state index >= 15 is 0 Å². The first-order chi connectivity index (χ1) is 14.7. The molecule has 0 N–H and O–H groups in total. The summed E-state index contributed by atoms with van der Waals surface area (Å²) in [5.41, 5.74) is 0.861. The van der Waals surface area contributed by atoms with Crippen LogP contribution in [0.2, 0.25) is 0 Å². The van der Waals surface area contributed by atoms with Crippen LogP contribution in [0.5, 0.6) is 0 Å². The molecule has 9 heteroatoms. The minimum atomic E-state index is -4.45. The molecule has 0 spiro atoms. The summed E-state index contributed by atoms with van der Waals surface area (Å²) in [5, 5.41) is 8.03. The van der Waals surface area contributed by atoms with Crippen LogP contribution >= 0.6 is 11.8 Å². The van der Waals surface area contributed by atoms with Gasteiger partial charge in [0.1, 0.15) is 5.82 Å². The lowest BCUT2D eigenvalue weighted by Gasteiger charge is -2.13. The molecular formula is C22H19F4N3OS. The average Bonchev–Trinajstić information content (AvgIpc) is 3.01. The molecule has 2 aromatic carbocycles. The van der Waals surface area contributed by atoms with Gasteiger partial charge in [-0.15, -0.1) is 11.7 Å². The summed E-state index contributed by atoms with van der Waals surface area (Å²) in [6, 6.07) is 10.7. The van der Waals surface area contributed by atoms with E-state index in [0.29, 0.717) is 22.0 Å². The van der Waals surface area contributed by atoms with E-state index in [0.717, 1.165) is 23.9 Å². The molecule has 0 aromatic heterocycles. The van der Waals surface area contributed by atoms with Crippen LogP contribution in [-0.2, 0) is 17.4 Å². The monoisotopic (exact) mass is 449 g/mol. The van der Waals surface area contributed by atoms with E-state index in [2.05, 4.69) is 16.8 Å². The third kappa shape index (κ3) is 5.61. The SMILES string of the molecule is C=CCN1C(=O)[C@H](Cc2cccc(C(F)(F)F)c2)S/C1=N\N=C(\C)c1ccc(F)cc1. The molecule has 3 rings (SSSR count). The minimum Gasteiger partial charge on any atom is -0.285 e. The Morgan fingerprint density at radius 1 is 1.23 bits per heavy atom. The molecule has 1 atom stereocenters. The van der Waals surface area contributed by atoms with Crippen molar-refractivity contribution in [2.24, 2.45) is 10.2 Å². The molecule has 1 saturated heterocycles. The second-order valence-corrected chi connectivity index (χ2v) is 7.99. The van der Waals surface area contributed by atoms with Crippen molar-refractivity contribution in [3.63, 3.8) is 0 Å². The summed E-state index contributed by atoms with van der Waals surface area (Å²) in [4.78, 5) is 14.2. The van der Waals surface area contributed by atoms with Crippen molar-refractivity contribution in [3.8, 4) is 0 Å². The molecule has 0 aliphatic carbocycles. The van der Waals surface area contributed by atoms with E-state index in [1.807, 2.05) is 0 Å². The topological polar surface area (TPSA) is 45.0 Å². The molecule has 1 heterocycles. The lowest BCUT2D eigenvalue weighted by atomic mass is 10.1. The van der Waals surface area contributed by atoms with Crippen LogP contribution < -0.4 is 0 Å². The number of nitrogens with zero attached hydrogens (tertiary/aromatic N) is 3. The number of thioether (sulfide) groups is 1. The number of carbonyl (C=O) groups excluding carboxylic acids is 1. The van der Waals surface area contributed by atoms with Crippen molar-refractivity contribution in [1.29, 1.82) is 0 Å². The van der Waals surface area contributed by atoms with Gasteiger partial charge in [-0.05, 0) is 42.7 Å². The zero-order valence-corrected chi connectivity index (χ0v) is 17.4. The van der Waals surface area contributed by atoms with Crippen molar-refractivity contribution >= 4 is 28.5 Å². The number of alkyl halides is 3. The third-order valence-corrected chi connectivity index (χ3v) is 5.72. The predicted molar refractivity (Wildman–Crippen MR) is 114 cm³/mol. The van der Waals surface area contributed by atoms with Gasteiger partial charge in [0.15, 0.2) is 5.17 Å². The maximum Gasteiger partial charge on any atom is 0.416 e. The third-order valence-electron chi connectivity index (χ3n) is 4.55. The molecule has 31 heavy (non-hydrogen) atoms. The molecule has 0 radical (unpaired) electrons. The van der Waals surface area contributed by atoms with Crippen LogP contribution in [0.25, 0.3) is 0 Å². The molecule has 1 fully saturated rings. The molecule has 0 bridgehead atoms. The zero-order valence-electron chi connectivity index (χ0n) is 16.6. The first kappa shape index (κ1) is 22.7. The highest BCUT2D eigenvalue weighted by Gasteiger charge is 2.38. The second-order valence-electron chi connectivity index (χ2n) is 6.82. The van der Waals surface area contributed by atoms with E-state index in [4.69, 9.17) is 0 Å². The van der Waals surface area contributed by atoms with Gasteiger partial charge in [0, 0.05) is 6.54 Å². The number of hydrogen-bond acceptors (Lipinski definition) is 4. The van der Waals surface area contributed by atoms with Crippen molar-refractivity contribution in [2.75, 3.05) is 6.54 Å². The number of rotatable bonds is 6. The van der Waals surface area contributed by atoms with Gasteiger partial charge in [-0.1, -0.05) is 48.2 Å². The lowest BCUT2D eigenvalue weighted by molar-refractivity contribution is -0.137. The highest BCUT2D eigenvalue weighted by atomic mass is 32.2. The first-order valence-electron chi connectivity index (χ1n) is 9.32. The molecule has 1 aliphatic rings. The van der Waals surface area contributed by atoms with Gasteiger partial charge < -0.3 is 0 Å². The first-order valence-corrected chi connectivity index (χ1v) is 10.2. The van der Waals surface area contributed by atoms with E-state index in [-0.39, 0.29) is 24.7 Å².